The van der Waals surface area contributed by atoms with Gasteiger partial charge in [-0.1, -0.05) is 31.8 Å². The van der Waals surface area contributed by atoms with E-state index < -0.39 is 0 Å². The van der Waals surface area contributed by atoms with E-state index in [2.05, 4.69) is 31.0 Å². The van der Waals surface area contributed by atoms with Crippen molar-refractivity contribution in [3.8, 4) is 12.3 Å². The van der Waals surface area contributed by atoms with Gasteiger partial charge in [0, 0.05) is 5.56 Å². The standard InChI is InChI=1S/C14H16/c1-3-5-12-9-13-7-6-11(4-2)8-14(13)10-12/h2,6-8,12H,3,5,9-10H2,1H3. The number of hydrogen-bond acceptors (Lipinski definition) is 0. The van der Waals surface area contributed by atoms with Gasteiger partial charge in [-0.25, -0.2) is 0 Å². The minimum Gasteiger partial charge on any atom is -0.115 e. The van der Waals surface area contributed by atoms with Crippen molar-refractivity contribution in [2.24, 2.45) is 5.92 Å². The predicted octanol–water partition coefficient (Wildman–Crippen LogP) is 3.18. The molecule has 1 aromatic rings. The summed E-state index contributed by atoms with van der Waals surface area (Å²) in [4.78, 5) is 0. The fourth-order valence-corrected chi connectivity index (χ4v) is 2.41. The first-order valence-electron chi connectivity index (χ1n) is 5.42. The van der Waals surface area contributed by atoms with Crippen LogP contribution in [0.1, 0.15) is 36.5 Å². The Morgan fingerprint density at radius 2 is 2.14 bits per heavy atom. The van der Waals surface area contributed by atoms with Gasteiger partial charge in [-0.2, -0.15) is 0 Å². The molecule has 0 N–H and O–H groups in total. The second kappa shape index (κ2) is 3.88. The molecule has 2 rings (SSSR count). The summed E-state index contributed by atoms with van der Waals surface area (Å²) in [5.74, 6) is 3.57. The molecule has 0 aliphatic heterocycles. The highest BCUT2D eigenvalue weighted by molar-refractivity contribution is 5.42. The Morgan fingerprint density at radius 3 is 2.86 bits per heavy atom. The van der Waals surface area contributed by atoms with E-state index >= 15 is 0 Å². The van der Waals surface area contributed by atoms with E-state index in [0.717, 1.165) is 11.5 Å². The summed E-state index contributed by atoms with van der Waals surface area (Å²) in [5.41, 5.74) is 4.03. The lowest BCUT2D eigenvalue weighted by Gasteiger charge is -2.04. The van der Waals surface area contributed by atoms with E-state index in [1.165, 1.54) is 36.8 Å². The number of hydrogen-bond donors (Lipinski definition) is 0. The normalized spacial score (nSPS) is 19.0. The zero-order valence-electron chi connectivity index (χ0n) is 8.72. The molecule has 0 radical (unpaired) electrons. The van der Waals surface area contributed by atoms with Crippen molar-refractivity contribution >= 4 is 0 Å². The fourth-order valence-electron chi connectivity index (χ4n) is 2.41. The largest absolute Gasteiger partial charge is 0.115 e. The summed E-state index contributed by atoms with van der Waals surface area (Å²) in [6.45, 7) is 2.26. The third-order valence-electron chi connectivity index (χ3n) is 3.09. The summed E-state index contributed by atoms with van der Waals surface area (Å²) in [5, 5.41) is 0. The first-order chi connectivity index (χ1) is 6.83. The molecule has 14 heavy (non-hydrogen) atoms. The molecule has 1 aliphatic carbocycles. The Labute approximate surface area is 86.3 Å². The van der Waals surface area contributed by atoms with Gasteiger partial charge in [0.25, 0.3) is 0 Å². The van der Waals surface area contributed by atoms with Crippen LogP contribution in [0.4, 0.5) is 0 Å². The number of fused-ring (bicyclic) bond motifs is 1. The van der Waals surface area contributed by atoms with Crippen LogP contribution < -0.4 is 0 Å². The Balaban J connectivity index is 2.19. The molecule has 1 aromatic carbocycles. The van der Waals surface area contributed by atoms with Crippen LogP contribution in [-0.4, -0.2) is 0 Å². The Kier molecular flexibility index (Phi) is 2.59. The van der Waals surface area contributed by atoms with Crippen LogP contribution >= 0.6 is 0 Å². The molecule has 0 nitrogen and oxygen atoms in total. The molecule has 0 heteroatoms. The topological polar surface area (TPSA) is 0 Å². The maximum atomic E-state index is 5.39. The van der Waals surface area contributed by atoms with Crippen molar-refractivity contribution in [3.05, 3.63) is 34.9 Å². The molecule has 0 spiro atoms. The predicted molar refractivity (Wildman–Crippen MR) is 60.2 cm³/mol. The number of terminal acetylenes is 1. The second-order valence-corrected chi connectivity index (χ2v) is 4.19. The molecule has 0 amide bonds. The molecule has 0 fully saturated rings. The van der Waals surface area contributed by atoms with Gasteiger partial charge >= 0.3 is 0 Å². The van der Waals surface area contributed by atoms with Gasteiger partial charge in [0.2, 0.25) is 0 Å². The van der Waals surface area contributed by atoms with E-state index in [1.807, 2.05) is 0 Å². The van der Waals surface area contributed by atoms with Crippen molar-refractivity contribution in [1.82, 2.24) is 0 Å². The highest BCUT2D eigenvalue weighted by atomic mass is 14.2. The molecule has 0 saturated heterocycles. The molecular formula is C14H16. The number of rotatable bonds is 2. The van der Waals surface area contributed by atoms with Crippen molar-refractivity contribution in [3.63, 3.8) is 0 Å². The maximum Gasteiger partial charge on any atom is 0.0245 e. The summed E-state index contributed by atoms with van der Waals surface area (Å²) in [6.07, 6.45) is 10.5. The zero-order valence-corrected chi connectivity index (χ0v) is 8.72. The van der Waals surface area contributed by atoms with Crippen molar-refractivity contribution in [2.45, 2.75) is 32.6 Å². The van der Waals surface area contributed by atoms with E-state index in [0.29, 0.717) is 0 Å². The summed E-state index contributed by atoms with van der Waals surface area (Å²) < 4.78 is 0. The van der Waals surface area contributed by atoms with E-state index in [4.69, 9.17) is 6.42 Å². The minimum atomic E-state index is 0.864. The lowest BCUT2D eigenvalue weighted by Crippen LogP contribution is -1.97. The summed E-state index contributed by atoms with van der Waals surface area (Å²) in [7, 11) is 0. The van der Waals surface area contributed by atoms with Crippen LogP contribution in [0.3, 0.4) is 0 Å². The Hall–Kier alpha value is -1.22. The smallest absolute Gasteiger partial charge is 0.0245 e. The van der Waals surface area contributed by atoms with Gasteiger partial charge in [-0.15, -0.1) is 6.42 Å². The van der Waals surface area contributed by atoms with Crippen LogP contribution in [0.25, 0.3) is 0 Å². The fraction of sp³-hybridized carbons (Fsp3) is 0.429. The highest BCUT2D eigenvalue weighted by Crippen LogP contribution is 2.30. The van der Waals surface area contributed by atoms with Crippen LogP contribution in [-0.2, 0) is 12.8 Å². The van der Waals surface area contributed by atoms with Gasteiger partial charge in [0.05, 0.1) is 0 Å². The van der Waals surface area contributed by atoms with Crippen LogP contribution in [0.2, 0.25) is 0 Å². The lowest BCUT2D eigenvalue weighted by atomic mass is 10.0. The second-order valence-electron chi connectivity index (χ2n) is 4.19. The lowest BCUT2D eigenvalue weighted by molar-refractivity contribution is 0.507. The Morgan fingerprint density at radius 1 is 1.36 bits per heavy atom. The third kappa shape index (κ3) is 1.68. The molecule has 1 unspecified atom stereocenters. The van der Waals surface area contributed by atoms with E-state index in [-0.39, 0.29) is 0 Å². The van der Waals surface area contributed by atoms with Crippen LogP contribution in [0.15, 0.2) is 18.2 Å². The first-order valence-corrected chi connectivity index (χ1v) is 5.42. The van der Waals surface area contributed by atoms with Gasteiger partial charge in [-0.3, -0.25) is 0 Å². The van der Waals surface area contributed by atoms with Crippen LogP contribution in [0, 0.1) is 18.3 Å². The van der Waals surface area contributed by atoms with Crippen molar-refractivity contribution in [2.75, 3.05) is 0 Å². The third-order valence-corrected chi connectivity index (χ3v) is 3.09. The summed E-state index contributed by atoms with van der Waals surface area (Å²) >= 11 is 0. The quantitative estimate of drug-likeness (QED) is 0.619. The van der Waals surface area contributed by atoms with Crippen LogP contribution in [0.5, 0.6) is 0 Å². The maximum absolute atomic E-state index is 5.39. The average molecular weight is 184 g/mol. The minimum absolute atomic E-state index is 0.864. The van der Waals surface area contributed by atoms with Gasteiger partial charge in [0.1, 0.15) is 0 Å². The molecule has 1 aliphatic rings. The number of benzene rings is 1. The molecule has 0 saturated carbocycles. The molecule has 1 atom stereocenters. The van der Waals surface area contributed by atoms with E-state index in [1.54, 1.807) is 0 Å². The summed E-state index contributed by atoms with van der Waals surface area (Å²) in [6, 6.07) is 6.46. The first kappa shape index (κ1) is 9.34. The Bertz CT molecular complexity index is 368. The molecular weight excluding hydrogens is 168 g/mol. The molecule has 72 valence electrons. The zero-order chi connectivity index (χ0) is 9.97. The average Bonchev–Trinajstić information content (AvgIpc) is 2.59. The highest BCUT2D eigenvalue weighted by Gasteiger charge is 2.20. The molecule has 0 bridgehead atoms. The molecule has 0 heterocycles. The van der Waals surface area contributed by atoms with E-state index in [9.17, 15) is 0 Å². The van der Waals surface area contributed by atoms with Crippen molar-refractivity contribution in [1.29, 1.82) is 0 Å². The monoisotopic (exact) mass is 184 g/mol. The van der Waals surface area contributed by atoms with Gasteiger partial charge in [-0.05, 0) is 42.0 Å². The van der Waals surface area contributed by atoms with Gasteiger partial charge < -0.3 is 0 Å². The van der Waals surface area contributed by atoms with Gasteiger partial charge in [0.15, 0.2) is 0 Å². The molecule has 0 aromatic heterocycles. The van der Waals surface area contributed by atoms with Crippen molar-refractivity contribution < 1.29 is 0 Å². The SMILES string of the molecule is C#Cc1ccc2c(c1)CC(CCC)C2.